The van der Waals surface area contributed by atoms with Crippen molar-refractivity contribution >= 4 is 29.0 Å². The van der Waals surface area contributed by atoms with Crippen molar-refractivity contribution in [2.75, 3.05) is 19.5 Å². The lowest BCUT2D eigenvalue weighted by molar-refractivity contribution is 0.193. The third-order valence-corrected chi connectivity index (χ3v) is 3.07. The van der Waals surface area contributed by atoms with E-state index in [0.717, 1.165) is 5.56 Å². The van der Waals surface area contributed by atoms with Crippen LogP contribution in [0.4, 0.5) is 5.82 Å². The first-order valence-corrected chi connectivity index (χ1v) is 6.07. The summed E-state index contributed by atoms with van der Waals surface area (Å²) in [5, 5.41) is 4.84. The van der Waals surface area contributed by atoms with Gasteiger partial charge in [0.05, 0.1) is 17.2 Å². The number of nitrogen functional groups attached to an aromatic ring is 1. The highest BCUT2D eigenvalue weighted by atomic mass is 35.5. The van der Waals surface area contributed by atoms with E-state index in [9.17, 15) is 0 Å². The average Bonchev–Trinajstić information content (AvgIpc) is 2.68. The van der Waals surface area contributed by atoms with Crippen molar-refractivity contribution in [3.05, 3.63) is 34.0 Å². The molecule has 0 spiro atoms. The van der Waals surface area contributed by atoms with Crippen molar-refractivity contribution in [3.63, 3.8) is 0 Å². The topological polar surface area (TPSA) is 61.3 Å². The number of anilines is 1. The highest BCUT2D eigenvalue weighted by Gasteiger charge is 2.18. The van der Waals surface area contributed by atoms with E-state index in [0.29, 0.717) is 40.2 Å². The molecule has 0 bridgehead atoms. The molecular weight excluding hydrogens is 275 g/mol. The maximum atomic E-state index is 6.16. The molecule has 2 N–H and O–H groups in total. The molecular formula is C12H12Cl2N2O2. The van der Waals surface area contributed by atoms with Gasteiger partial charge in [0.25, 0.3) is 0 Å². The molecule has 0 aliphatic carbocycles. The third kappa shape index (κ3) is 2.61. The van der Waals surface area contributed by atoms with E-state index in [2.05, 4.69) is 5.16 Å². The molecule has 0 amide bonds. The van der Waals surface area contributed by atoms with Crippen LogP contribution < -0.4 is 5.73 Å². The minimum atomic E-state index is 0.310. The van der Waals surface area contributed by atoms with Gasteiger partial charge in [-0.1, -0.05) is 34.4 Å². The van der Waals surface area contributed by atoms with Crippen LogP contribution in [0.5, 0.6) is 0 Å². The van der Waals surface area contributed by atoms with Gasteiger partial charge < -0.3 is 15.0 Å². The lowest BCUT2D eigenvalue weighted by Crippen LogP contribution is -1.96. The van der Waals surface area contributed by atoms with Gasteiger partial charge in [-0.25, -0.2) is 0 Å². The molecule has 6 heteroatoms. The van der Waals surface area contributed by atoms with Crippen LogP contribution in [0.2, 0.25) is 10.0 Å². The number of hydrogen-bond acceptors (Lipinski definition) is 4. The average molecular weight is 287 g/mol. The molecule has 0 fully saturated rings. The van der Waals surface area contributed by atoms with Crippen molar-refractivity contribution in [1.82, 2.24) is 5.16 Å². The zero-order valence-electron chi connectivity index (χ0n) is 9.74. The molecule has 2 rings (SSSR count). The Morgan fingerprint density at radius 3 is 2.83 bits per heavy atom. The van der Waals surface area contributed by atoms with Gasteiger partial charge >= 0.3 is 0 Å². The fraction of sp³-hybridized carbons (Fsp3) is 0.250. The Bertz CT molecular complexity index is 555. The second-order valence-electron chi connectivity index (χ2n) is 3.73. The minimum absolute atomic E-state index is 0.310. The first-order chi connectivity index (χ1) is 8.63. The molecule has 0 saturated carbocycles. The fourth-order valence-electron chi connectivity index (χ4n) is 1.68. The number of hydrogen-bond donors (Lipinski definition) is 1. The monoisotopic (exact) mass is 286 g/mol. The highest BCUT2D eigenvalue weighted by molar-refractivity contribution is 6.36. The SMILES string of the molecule is COCCc1onc(N)c1-c1ccc(Cl)cc1Cl. The van der Waals surface area contributed by atoms with Crippen LogP contribution in [0.15, 0.2) is 22.7 Å². The number of ether oxygens (including phenoxy) is 1. The van der Waals surface area contributed by atoms with Crippen LogP contribution in [0.25, 0.3) is 11.1 Å². The Morgan fingerprint density at radius 1 is 1.39 bits per heavy atom. The van der Waals surface area contributed by atoms with E-state index >= 15 is 0 Å². The summed E-state index contributed by atoms with van der Waals surface area (Å²) in [6.07, 6.45) is 0.578. The third-order valence-electron chi connectivity index (χ3n) is 2.52. The molecule has 0 radical (unpaired) electrons. The number of nitrogens with two attached hydrogens (primary N) is 1. The summed E-state index contributed by atoms with van der Waals surface area (Å²) in [6.45, 7) is 0.521. The molecule has 0 saturated heterocycles. The van der Waals surface area contributed by atoms with Crippen LogP contribution in [0, 0.1) is 0 Å². The van der Waals surface area contributed by atoms with Crippen LogP contribution in [-0.2, 0) is 11.2 Å². The van der Waals surface area contributed by atoms with E-state index in [-0.39, 0.29) is 0 Å². The number of aromatic nitrogens is 1. The van der Waals surface area contributed by atoms with E-state index < -0.39 is 0 Å². The predicted octanol–water partition coefficient (Wildman–Crippen LogP) is 3.42. The molecule has 96 valence electrons. The number of methoxy groups -OCH3 is 1. The quantitative estimate of drug-likeness (QED) is 0.936. The van der Waals surface area contributed by atoms with Crippen molar-refractivity contribution in [2.45, 2.75) is 6.42 Å². The first kappa shape index (κ1) is 13.2. The zero-order valence-corrected chi connectivity index (χ0v) is 11.3. The molecule has 4 nitrogen and oxygen atoms in total. The standard InChI is InChI=1S/C12H12Cl2N2O2/c1-17-5-4-10-11(12(15)16-18-10)8-3-2-7(13)6-9(8)14/h2-3,6H,4-5H2,1H3,(H2,15,16). The summed E-state index contributed by atoms with van der Waals surface area (Å²) in [6, 6.07) is 5.20. The van der Waals surface area contributed by atoms with Gasteiger partial charge in [0.15, 0.2) is 5.82 Å². The highest BCUT2D eigenvalue weighted by Crippen LogP contribution is 2.36. The Kier molecular flexibility index (Phi) is 4.11. The number of rotatable bonds is 4. The Hall–Kier alpha value is -1.23. The Labute approximate surface area is 115 Å². The number of benzene rings is 1. The predicted molar refractivity (Wildman–Crippen MR) is 72.0 cm³/mol. The maximum Gasteiger partial charge on any atom is 0.175 e. The van der Waals surface area contributed by atoms with Gasteiger partial charge in [-0.2, -0.15) is 0 Å². The van der Waals surface area contributed by atoms with Gasteiger partial charge in [0.1, 0.15) is 5.76 Å². The molecule has 1 aromatic carbocycles. The molecule has 1 heterocycles. The van der Waals surface area contributed by atoms with Gasteiger partial charge in [0, 0.05) is 24.1 Å². The van der Waals surface area contributed by atoms with Gasteiger partial charge in [-0.05, 0) is 12.1 Å². The number of nitrogens with zero attached hydrogens (tertiary/aromatic N) is 1. The van der Waals surface area contributed by atoms with Crippen molar-refractivity contribution in [1.29, 1.82) is 0 Å². The maximum absolute atomic E-state index is 6.16. The second kappa shape index (κ2) is 5.61. The van der Waals surface area contributed by atoms with E-state index in [1.54, 1.807) is 25.3 Å². The van der Waals surface area contributed by atoms with Crippen LogP contribution >= 0.6 is 23.2 Å². The smallest absolute Gasteiger partial charge is 0.175 e. The van der Waals surface area contributed by atoms with Crippen molar-refractivity contribution in [3.8, 4) is 11.1 Å². The summed E-state index contributed by atoms with van der Waals surface area (Å²) >= 11 is 12.0. The molecule has 18 heavy (non-hydrogen) atoms. The number of halogens is 2. The molecule has 0 unspecified atom stereocenters. The van der Waals surface area contributed by atoms with Crippen molar-refractivity contribution < 1.29 is 9.26 Å². The molecule has 0 aliphatic heterocycles. The molecule has 0 atom stereocenters. The second-order valence-corrected chi connectivity index (χ2v) is 4.58. The van der Waals surface area contributed by atoms with Crippen LogP contribution in [0.1, 0.15) is 5.76 Å². The minimum Gasteiger partial charge on any atom is -0.384 e. The molecule has 0 aliphatic rings. The van der Waals surface area contributed by atoms with Crippen molar-refractivity contribution in [2.24, 2.45) is 0 Å². The first-order valence-electron chi connectivity index (χ1n) is 5.32. The lowest BCUT2D eigenvalue weighted by Gasteiger charge is -2.05. The Balaban J connectivity index is 2.45. The molecule has 1 aromatic heterocycles. The van der Waals surface area contributed by atoms with Crippen LogP contribution in [-0.4, -0.2) is 18.9 Å². The summed E-state index contributed by atoms with van der Waals surface area (Å²) in [5.41, 5.74) is 7.27. The summed E-state index contributed by atoms with van der Waals surface area (Å²) in [7, 11) is 1.62. The summed E-state index contributed by atoms with van der Waals surface area (Å²) in [4.78, 5) is 0. The van der Waals surface area contributed by atoms with Gasteiger partial charge in [-0.15, -0.1) is 0 Å². The normalized spacial score (nSPS) is 10.8. The lowest BCUT2D eigenvalue weighted by atomic mass is 10.0. The van der Waals surface area contributed by atoms with E-state index in [4.69, 9.17) is 38.2 Å². The van der Waals surface area contributed by atoms with E-state index in [1.165, 1.54) is 0 Å². The fourth-order valence-corrected chi connectivity index (χ4v) is 2.19. The zero-order chi connectivity index (χ0) is 13.1. The van der Waals surface area contributed by atoms with Gasteiger partial charge in [-0.3, -0.25) is 0 Å². The molecule has 2 aromatic rings. The largest absolute Gasteiger partial charge is 0.384 e. The van der Waals surface area contributed by atoms with Crippen LogP contribution in [0.3, 0.4) is 0 Å². The van der Waals surface area contributed by atoms with Gasteiger partial charge in [0.2, 0.25) is 0 Å². The Morgan fingerprint density at radius 2 is 2.17 bits per heavy atom. The summed E-state index contributed by atoms with van der Waals surface area (Å²) < 4.78 is 10.2. The summed E-state index contributed by atoms with van der Waals surface area (Å²) in [5.74, 6) is 0.962. The van der Waals surface area contributed by atoms with E-state index in [1.807, 2.05) is 0 Å².